The summed E-state index contributed by atoms with van der Waals surface area (Å²) in [6.07, 6.45) is 4.47. The summed E-state index contributed by atoms with van der Waals surface area (Å²) in [5, 5.41) is 3.62. The van der Waals surface area contributed by atoms with E-state index in [0.717, 1.165) is 11.4 Å². The molecule has 0 bridgehead atoms. The lowest BCUT2D eigenvalue weighted by molar-refractivity contribution is -0.126. The quantitative estimate of drug-likeness (QED) is 0.596. The second kappa shape index (κ2) is 9.44. The number of aryl methyl sites for hydroxylation is 1. The topological polar surface area (TPSA) is 84.3 Å². The number of hydrogen-bond acceptors (Lipinski definition) is 4. The minimum Gasteiger partial charge on any atom is -0.342 e. The normalized spacial score (nSPS) is 16.6. The molecule has 2 heterocycles. The molecule has 0 radical (unpaired) electrons. The Morgan fingerprint density at radius 3 is 2.34 bits per heavy atom. The number of halogens is 1. The number of imidazole rings is 1. The molecule has 7 nitrogen and oxygen atoms in total. The predicted molar refractivity (Wildman–Crippen MR) is 123 cm³/mol. The molecule has 0 unspecified atom stereocenters. The second-order valence-corrected chi connectivity index (χ2v) is 10.3. The van der Waals surface area contributed by atoms with Crippen LogP contribution >= 0.6 is 11.6 Å². The van der Waals surface area contributed by atoms with E-state index in [1.165, 1.54) is 16.4 Å². The maximum Gasteiger partial charge on any atom is 0.243 e. The Labute approximate surface area is 193 Å². The molecule has 32 heavy (non-hydrogen) atoms. The van der Waals surface area contributed by atoms with E-state index in [2.05, 4.69) is 10.3 Å². The number of sulfonamides is 1. The van der Waals surface area contributed by atoms with Crippen molar-refractivity contribution in [2.24, 2.45) is 13.0 Å². The maximum atomic E-state index is 13.1. The first-order valence-corrected chi connectivity index (χ1v) is 12.3. The number of piperidine rings is 1. The molecule has 0 saturated carbocycles. The Balaban J connectivity index is 1.44. The average molecular weight is 473 g/mol. The number of hydrogen-bond donors (Lipinski definition) is 1. The minimum absolute atomic E-state index is 0.0922. The fraction of sp³-hybridized carbons (Fsp3) is 0.304. The van der Waals surface area contributed by atoms with Crippen molar-refractivity contribution in [2.75, 3.05) is 13.1 Å². The molecule has 1 aliphatic heterocycles. The van der Waals surface area contributed by atoms with E-state index in [0.29, 0.717) is 31.0 Å². The van der Waals surface area contributed by atoms with Gasteiger partial charge in [-0.3, -0.25) is 4.79 Å². The Bertz CT molecular complexity index is 1170. The van der Waals surface area contributed by atoms with Crippen LogP contribution in [0.3, 0.4) is 0 Å². The highest BCUT2D eigenvalue weighted by Crippen LogP contribution is 2.27. The first-order chi connectivity index (χ1) is 15.4. The van der Waals surface area contributed by atoms with Gasteiger partial charge in [0.25, 0.3) is 0 Å². The zero-order valence-electron chi connectivity index (χ0n) is 17.7. The number of amides is 1. The van der Waals surface area contributed by atoms with Crippen LogP contribution in [0.5, 0.6) is 0 Å². The third-order valence-electron chi connectivity index (χ3n) is 5.81. The molecule has 1 aliphatic rings. The molecule has 1 amide bonds. The molecule has 9 heteroatoms. The van der Waals surface area contributed by atoms with Gasteiger partial charge in [-0.05, 0) is 42.7 Å². The predicted octanol–water partition coefficient (Wildman–Crippen LogP) is 3.38. The van der Waals surface area contributed by atoms with Gasteiger partial charge in [-0.2, -0.15) is 4.31 Å². The largest absolute Gasteiger partial charge is 0.342 e. The van der Waals surface area contributed by atoms with Crippen LogP contribution in [0.25, 0.3) is 0 Å². The van der Waals surface area contributed by atoms with E-state index < -0.39 is 10.0 Å². The first-order valence-electron chi connectivity index (χ1n) is 10.4. The summed E-state index contributed by atoms with van der Waals surface area (Å²) in [5.41, 5.74) is 0.943. The lowest BCUT2D eigenvalue weighted by atomic mass is 9.96. The molecule has 1 saturated heterocycles. The number of carbonyl (C=O) groups is 1. The molecule has 4 rings (SSSR count). The van der Waals surface area contributed by atoms with Crippen molar-refractivity contribution in [2.45, 2.75) is 23.8 Å². The summed E-state index contributed by atoms with van der Waals surface area (Å²) in [5.74, 6) is 0.385. The molecular formula is C23H25ClN4O3S. The smallest absolute Gasteiger partial charge is 0.243 e. The molecule has 1 aromatic heterocycles. The SMILES string of the molecule is Cn1ccnc1[C@@H](NC(=O)C1CCN(S(=O)(=O)c2ccc(Cl)cc2)CC1)c1ccccc1. The van der Waals surface area contributed by atoms with Crippen molar-refractivity contribution in [3.63, 3.8) is 0 Å². The summed E-state index contributed by atoms with van der Waals surface area (Å²) in [6, 6.07) is 15.5. The van der Waals surface area contributed by atoms with Crippen LogP contribution in [0.1, 0.15) is 30.3 Å². The molecule has 1 fully saturated rings. The van der Waals surface area contributed by atoms with E-state index in [-0.39, 0.29) is 22.8 Å². The van der Waals surface area contributed by atoms with Gasteiger partial charge in [0.05, 0.1) is 4.90 Å². The van der Waals surface area contributed by atoms with Gasteiger partial charge in [-0.25, -0.2) is 13.4 Å². The Kier molecular flexibility index (Phi) is 6.64. The van der Waals surface area contributed by atoms with Gasteiger partial charge < -0.3 is 9.88 Å². The van der Waals surface area contributed by atoms with Crippen LogP contribution in [0.15, 0.2) is 71.9 Å². The number of rotatable bonds is 6. The monoisotopic (exact) mass is 472 g/mol. The van der Waals surface area contributed by atoms with Gasteiger partial charge in [0.1, 0.15) is 11.9 Å². The van der Waals surface area contributed by atoms with Crippen molar-refractivity contribution in [1.29, 1.82) is 0 Å². The van der Waals surface area contributed by atoms with Crippen LogP contribution in [0, 0.1) is 5.92 Å². The standard InChI is InChI=1S/C23H25ClN4O3S/c1-27-16-13-25-22(27)21(17-5-3-2-4-6-17)26-23(29)18-11-14-28(15-12-18)32(30,31)20-9-7-19(24)8-10-20/h2-10,13,16,18,21H,11-12,14-15H2,1H3,(H,26,29)/t21-/m0/s1. The first kappa shape index (κ1) is 22.5. The maximum absolute atomic E-state index is 13.1. The van der Waals surface area contributed by atoms with E-state index in [9.17, 15) is 13.2 Å². The third kappa shape index (κ3) is 4.72. The molecule has 0 spiro atoms. The zero-order chi connectivity index (χ0) is 22.7. The minimum atomic E-state index is -3.61. The average Bonchev–Trinajstić information content (AvgIpc) is 3.23. The fourth-order valence-electron chi connectivity index (χ4n) is 3.97. The highest BCUT2D eigenvalue weighted by Gasteiger charge is 2.33. The number of nitrogens with zero attached hydrogens (tertiary/aromatic N) is 3. The van der Waals surface area contributed by atoms with Crippen LogP contribution in [0.4, 0.5) is 0 Å². The Hall–Kier alpha value is -2.68. The van der Waals surface area contributed by atoms with E-state index in [4.69, 9.17) is 11.6 Å². The highest BCUT2D eigenvalue weighted by molar-refractivity contribution is 7.89. The lowest BCUT2D eigenvalue weighted by Gasteiger charge is -2.31. The molecule has 3 aromatic rings. The van der Waals surface area contributed by atoms with Crippen LogP contribution in [0.2, 0.25) is 5.02 Å². The van der Waals surface area contributed by atoms with Crippen LogP contribution in [-0.2, 0) is 21.9 Å². The van der Waals surface area contributed by atoms with E-state index in [1.54, 1.807) is 18.3 Å². The Morgan fingerprint density at radius 2 is 1.75 bits per heavy atom. The summed E-state index contributed by atoms with van der Waals surface area (Å²) >= 11 is 5.88. The van der Waals surface area contributed by atoms with Gasteiger partial charge in [-0.15, -0.1) is 0 Å². The zero-order valence-corrected chi connectivity index (χ0v) is 19.3. The molecule has 1 N–H and O–H groups in total. The van der Waals surface area contributed by atoms with Gasteiger partial charge in [0.15, 0.2) is 0 Å². The van der Waals surface area contributed by atoms with Crippen molar-refractivity contribution >= 4 is 27.5 Å². The van der Waals surface area contributed by atoms with E-state index in [1.807, 2.05) is 48.1 Å². The van der Waals surface area contributed by atoms with E-state index >= 15 is 0 Å². The number of nitrogens with one attached hydrogen (secondary N) is 1. The van der Waals surface area contributed by atoms with Gasteiger partial charge in [0, 0.05) is 43.5 Å². The molecule has 168 valence electrons. The highest BCUT2D eigenvalue weighted by atomic mass is 35.5. The van der Waals surface area contributed by atoms with Crippen LogP contribution < -0.4 is 5.32 Å². The van der Waals surface area contributed by atoms with Gasteiger partial charge >= 0.3 is 0 Å². The molecule has 0 aliphatic carbocycles. The number of benzene rings is 2. The van der Waals surface area contributed by atoms with Crippen molar-refractivity contribution < 1.29 is 13.2 Å². The number of aromatic nitrogens is 2. The summed E-state index contributed by atoms with van der Waals surface area (Å²) in [7, 11) is -1.71. The summed E-state index contributed by atoms with van der Waals surface area (Å²) in [4.78, 5) is 17.8. The van der Waals surface area contributed by atoms with Gasteiger partial charge in [-0.1, -0.05) is 41.9 Å². The van der Waals surface area contributed by atoms with Crippen molar-refractivity contribution in [1.82, 2.24) is 19.2 Å². The second-order valence-electron chi connectivity index (χ2n) is 7.88. The van der Waals surface area contributed by atoms with Crippen molar-refractivity contribution in [3.05, 3.63) is 83.4 Å². The fourth-order valence-corrected chi connectivity index (χ4v) is 5.57. The Morgan fingerprint density at radius 1 is 1.09 bits per heavy atom. The molecular weight excluding hydrogens is 448 g/mol. The number of carbonyl (C=O) groups excluding carboxylic acids is 1. The van der Waals surface area contributed by atoms with Crippen LogP contribution in [-0.4, -0.2) is 41.3 Å². The van der Waals surface area contributed by atoms with Gasteiger partial charge in [0.2, 0.25) is 15.9 Å². The summed E-state index contributed by atoms with van der Waals surface area (Å²) in [6.45, 7) is 0.586. The van der Waals surface area contributed by atoms with Crippen molar-refractivity contribution in [3.8, 4) is 0 Å². The third-order valence-corrected chi connectivity index (χ3v) is 7.98. The molecule has 1 atom stereocenters. The lowest BCUT2D eigenvalue weighted by Crippen LogP contribution is -2.44. The molecule has 2 aromatic carbocycles. The summed E-state index contributed by atoms with van der Waals surface area (Å²) < 4.78 is 29.1.